The number of ketones is 1. The number of ether oxygens (including phenoxy) is 1. The van der Waals surface area contributed by atoms with Gasteiger partial charge in [0.05, 0.1) is 11.5 Å². The highest BCUT2D eigenvalue weighted by Crippen LogP contribution is 2.31. The summed E-state index contributed by atoms with van der Waals surface area (Å²) in [5.41, 5.74) is -1.45. The molecule has 0 radical (unpaired) electrons. The summed E-state index contributed by atoms with van der Waals surface area (Å²) >= 11 is 0. The number of nitriles is 1. The quantitative estimate of drug-likeness (QED) is 0.483. The lowest BCUT2D eigenvalue weighted by molar-refractivity contribution is -0.160. The van der Waals surface area contributed by atoms with Gasteiger partial charge in [0, 0.05) is 5.56 Å². The van der Waals surface area contributed by atoms with E-state index < -0.39 is 28.7 Å². The summed E-state index contributed by atoms with van der Waals surface area (Å²) in [6, 6.07) is 10.5. The third-order valence-corrected chi connectivity index (χ3v) is 2.97. The van der Waals surface area contributed by atoms with Gasteiger partial charge in [0.15, 0.2) is 5.78 Å². The Hall–Kier alpha value is -2.15. The Bertz CT molecular complexity index is 562. The summed E-state index contributed by atoms with van der Waals surface area (Å²) in [7, 11) is 0. The number of hydrogen-bond acceptors (Lipinski definition) is 4. The number of carbonyl (C=O) groups is 2. The zero-order valence-electron chi connectivity index (χ0n) is 13.1. The zero-order chi connectivity index (χ0) is 16.3. The number of hydrogen-bond donors (Lipinski definition) is 0. The number of rotatable bonds is 4. The van der Waals surface area contributed by atoms with Gasteiger partial charge in [-0.3, -0.25) is 9.59 Å². The van der Waals surface area contributed by atoms with Crippen LogP contribution in [0.25, 0.3) is 0 Å². The van der Waals surface area contributed by atoms with Crippen LogP contribution in [0.5, 0.6) is 0 Å². The maximum absolute atomic E-state index is 12.6. The third-order valence-electron chi connectivity index (χ3n) is 2.97. The van der Waals surface area contributed by atoms with E-state index >= 15 is 0 Å². The van der Waals surface area contributed by atoms with Crippen molar-refractivity contribution < 1.29 is 14.3 Å². The van der Waals surface area contributed by atoms with Gasteiger partial charge in [-0.15, -0.1) is 0 Å². The van der Waals surface area contributed by atoms with Crippen molar-refractivity contribution in [3.05, 3.63) is 35.9 Å². The molecule has 112 valence electrons. The van der Waals surface area contributed by atoms with Gasteiger partial charge in [-0.25, -0.2) is 0 Å². The Morgan fingerprint density at radius 2 is 1.62 bits per heavy atom. The molecule has 1 unspecified atom stereocenters. The van der Waals surface area contributed by atoms with Crippen molar-refractivity contribution in [2.24, 2.45) is 11.3 Å². The second-order valence-electron chi connectivity index (χ2n) is 6.53. The molecule has 4 heteroatoms. The minimum absolute atomic E-state index is 0.392. The number of Topliss-reactive ketones (excluding diaryl/α,β-unsaturated/α-hetero) is 1. The number of benzene rings is 1. The fraction of sp³-hybridized carbons (Fsp3) is 0.471. The van der Waals surface area contributed by atoms with Gasteiger partial charge in [0.25, 0.3) is 0 Å². The summed E-state index contributed by atoms with van der Waals surface area (Å²) < 4.78 is 5.32. The highest BCUT2D eigenvalue weighted by Gasteiger charge is 2.43. The van der Waals surface area contributed by atoms with Gasteiger partial charge in [0.1, 0.15) is 11.5 Å². The lowest BCUT2D eigenvalue weighted by atomic mass is 9.76. The molecule has 0 aromatic heterocycles. The van der Waals surface area contributed by atoms with Crippen molar-refractivity contribution in [2.75, 3.05) is 0 Å². The van der Waals surface area contributed by atoms with E-state index in [9.17, 15) is 14.9 Å². The van der Waals surface area contributed by atoms with Crippen LogP contribution in [0.3, 0.4) is 0 Å². The molecule has 0 aliphatic heterocycles. The Kier molecular flexibility index (Phi) is 4.90. The molecule has 4 nitrogen and oxygen atoms in total. The Labute approximate surface area is 125 Å². The molecule has 0 amide bonds. The molecule has 1 aromatic rings. The second-order valence-corrected chi connectivity index (χ2v) is 6.53. The fourth-order valence-corrected chi connectivity index (χ4v) is 1.92. The number of carbonyl (C=O) groups excluding carboxylic acids is 2. The number of esters is 1. The van der Waals surface area contributed by atoms with Crippen LogP contribution >= 0.6 is 0 Å². The van der Waals surface area contributed by atoms with Gasteiger partial charge in [0.2, 0.25) is 0 Å². The highest BCUT2D eigenvalue weighted by molar-refractivity contribution is 6.09. The molecule has 0 N–H and O–H groups in total. The normalized spacial score (nSPS) is 13.1. The lowest BCUT2D eigenvalue weighted by Crippen LogP contribution is -2.40. The summed E-state index contributed by atoms with van der Waals surface area (Å²) in [6.45, 7) is 8.34. The largest absolute Gasteiger partial charge is 0.459 e. The molecule has 0 spiro atoms. The SMILES string of the molecule is CC(C)(C)OC(=O)C(C(=O)c1ccccc1)C(C)(C)C#N. The maximum atomic E-state index is 12.6. The lowest BCUT2D eigenvalue weighted by Gasteiger charge is -2.29. The van der Waals surface area contributed by atoms with Gasteiger partial charge in [-0.05, 0) is 34.6 Å². The number of nitrogens with zero attached hydrogens (tertiary/aromatic N) is 1. The van der Waals surface area contributed by atoms with Gasteiger partial charge >= 0.3 is 5.97 Å². The first kappa shape index (κ1) is 16.9. The van der Waals surface area contributed by atoms with Crippen molar-refractivity contribution in [1.82, 2.24) is 0 Å². The van der Waals surface area contributed by atoms with Gasteiger partial charge < -0.3 is 4.74 Å². The van der Waals surface area contributed by atoms with Crippen LogP contribution in [0.4, 0.5) is 0 Å². The average Bonchev–Trinajstić information content (AvgIpc) is 2.37. The molecular weight excluding hydrogens is 266 g/mol. The minimum Gasteiger partial charge on any atom is -0.459 e. The maximum Gasteiger partial charge on any atom is 0.319 e. The molecule has 21 heavy (non-hydrogen) atoms. The summed E-state index contributed by atoms with van der Waals surface area (Å²) in [6.07, 6.45) is 0. The molecule has 1 aromatic carbocycles. The summed E-state index contributed by atoms with van der Waals surface area (Å²) in [5.74, 6) is -2.21. The van der Waals surface area contributed by atoms with Crippen LogP contribution in [0.15, 0.2) is 30.3 Å². The molecule has 1 atom stereocenters. The first-order chi connectivity index (χ1) is 9.58. The monoisotopic (exact) mass is 287 g/mol. The molecular formula is C17H21NO3. The first-order valence-electron chi connectivity index (χ1n) is 6.82. The Morgan fingerprint density at radius 1 is 1.10 bits per heavy atom. The molecule has 0 fully saturated rings. The molecule has 0 saturated carbocycles. The van der Waals surface area contributed by atoms with E-state index in [1.54, 1.807) is 65.0 Å². The average molecular weight is 287 g/mol. The summed E-state index contributed by atoms with van der Waals surface area (Å²) in [4.78, 5) is 25.0. The van der Waals surface area contributed by atoms with Crippen LogP contribution in [0.1, 0.15) is 45.0 Å². The molecule has 0 aliphatic rings. The van der Waals surface area contributed by atoms with E-state index in [0.29, 0.717) is 5.56 Å². The highest BCUT2D eigenvalue weighted by atomic mass is 16.6. The smallest absolute Gasteiger partial charge is 0.319 e. The molecule has 0 heterocycles. The standard InChI is InChI=1S/C17H21NO3/c1-16(2,3)21-15(20)13(17(4,5)11-18)14(19)12-9-7-6-8-10-12/h6-10,13H,1-5H3. The van der Waals surface area contributed by atoms with E-state index in [-0.39, 0.29) is 0 Å². The van der Waals surface area contributed by atoms with E-state index in [4.69, 9.17) is 4.74 Å². The molecule has 1 rings (SSSR count). The van der Waals surface area contributed by atoms with Crippen molar-refractivity contribution in [3.8, 4) is 6.07 Å². The second kappa shape index (κ2) is 6.09. The van der Waals surface area contributed by atoms with Crippen LogP contribution in [0.2, 0.25) is 0 Å². The van der Waals surface area contributed by atoms with Crippen molar-refractivity contribution >= 4 is 11.8 Å². The predicted octanol–water partition coefficient (Wildman–Crippen LogP) is 3.38. The zero-order valence-corrected chi connectivity index (χ0v) is 13.1. The van der Waals surface area contributed by atoms with Crippen molar-refractivity contribution in [2.45, 2.75) is 40.2 Å². The van der Waals surface area contributed by atoms with Crippen LogP contribution < -0.4 is 0 Å². The molecule has 0 bridgehead atoms. The van der Waals surface area contributed by atoms with Gasteiger partial charge in [-0.1, -0.05) is 30.3 Å². The third kappa shape index (κ3) is 4.42. The van der Waals surface area contributed by atoms with E-state index in [1.165, 1.54) is 0 Å². The first-order valence-corrected chi connectivity index (χ1v) is 6.82. The topological polar surface area (TPSA) is 67.2 Å². The Morgan fingerprint density at radius 3 is 2.05 bits per heavy atom. The molecule has 0 saturated heterocycles. The van der Waals surface area contributed by atoms with E-state index in [1.807, 2.05) is 6.07 Å². The molecule has 0 aliphatic carbocycles. The van der Waals surface area contributed by atoms with Crippen molar-refractivity contribution in [3.63, 3.8) is 0 Å². The predicted molar refractivity (Wildman–Crippen MR) is 79.5 cm³/mol. The van der Waals surface area contributed by atoms with Crippen LogP contribution in [0, 0.1) is 22.7 Å². The Balaban J connectivity index is 3.19. The van der Waals surface area contributed by atoms with E-state index in [0.717, 1.165) is 0 Å². The minimum atomic E-state index is -1.15. The van der Waals surface area contributed by atoms with Crippen LogP contribution in [-0.2, 0) is 9.53 Å². The van der Waals surface area contributed by atoms with Crippen molar-refractivity contribution in [1.29, 1.82) is 5.26 Å². The van der Waals surface area contributed by atoms with Crippen LogP contribution in [-0.4, -0.2) is 17.4 Å². The van der Waals surface area contributed by atoms with Gasteiger partial charge in [-0.2, -0.15) is 5.26 Å². The summed E-state index contributed by atoms with van der Waals surface area (Å²) in [5, 5.41) is 9.30. The van der Waals surface area contributed by atoms with E-state index in [2.05, 4.69) is 0 Å². The fourth-order valence-electron chi connectivity index (χ4n) is 1.92.